The van der Waals surface area contributed by atoms with E-state index in [1.165, 1.54) is 22.9 Å². The molecule has 3 aromatic rings. The van der Waals surface area contributed by atoms with Crippen molar-refractivity contribution < 1.29 is 29.2 Å². The molecule has 0 spiro atoms. The third kappa shape index (κ3) is 4.41. The Balaban J connectivity index is 1.93. The van der Waals surface area contributed by atoms with Crippen LogP contribution in [0.1, 0.15) is 27.9 Å². The number of pyridine rings is 2. The van der Waals surface area contributed by atoms with Crippen LogP contribution in [0.4, 0.5) is 4.39 Å². The van der Waals surface area contributed by atoms with E-state index in [9.17, 15) is 29.3 Å². The number of nitriles is 1. The number of aliphatic hydroxyl groups excluding tert-OH is 2. The van der Waals surface area contributed by atoms with E-state index in [1.54, 1.807) is 12.1 Å². The van der Waals surface area contributed by atoms with E-state index in [4.69, 9.17) is 10.00 Å². The number of rotatable bonds is 7. The number of aliphatic hydroxyl groups is 2. The van der Waals surface area contributed by atoms with Gasteiger partial charge in [-0.1, -0.05) is 12.1 Å². The number of carbonyl (C=O) groups is 1. The second-order valence-corrected chi connectivity index (χ2v) is 8.50. The van der Waals surface area contributed by atoms with Gasteiger partial charge in [0.1, 0.15) is 29.0 Å². The van der Waals surface area contributed by atoms with Crippen molar-refractivity contribution in [1.82, 2.24) is 14.9 Å². The van der Waals surface area contributed by atoms with E-state index in [0.29, 0.717) is 5.56 Å². The first-order chi connectivity index (χ1) is 16.8. The van der Waals surface area contributed by atoms with Crippen LogP contribution in [0, 0.1) is 22.6 Å². The summed E-state index contributed by atoms with van der Waals surface area (Å²) in [6, 6.07) is 7.67. The Kier molecular flexibility index (Phi) is 6.68. The summed E-state index contributed by atoms with van der Waals surface area (Å²) in [6.45, 7) is -1.42. The van der Waals surface area contributed by atoms with Gasteiger partial charge in [0, 0.05) is 31.3 Å². The van der Waals surface area contributed by atoms with Crippen molar-refractivity contribution in [3.05, 3.63) is 63.3 Å². The largest absolute Gasteiger partial charge is 0.505 e. The number of carbonyl (C=O) groups excluding carboxylic acids is 1. The van der Waals surface area contributed by atoms with Gasteiger partial charge in [-0.3, -0.25) is 14.6 Å². The zero-order chi connectivity index (χ0) is 25.2. The number of aromatic nitrogens is 2. The summed E-state index contributed by atoms with van der Waals surface area (Å²) in [5.41, 5.74) is -1.37. The first kappa shape index (κ1) is 24.1. The normalized spacial score (nSPS) is 14.1. The number of nitrogens with one attached hydrogen (secondary N) is 1. The molecule has 1 aliphatic rings. The number of hydrogen-bond donors (Lipinski definition) is 4. The summed E-state index contributed by atoms with van der Waals surface area (Å²) < 4.78 is 20.5. The van der Waals surface area contributed by atoms with E-state index < -0.39 is 47.2 Å². The molecule has 0 saturated heterocycles. The van der Waals surface area contributed by atoms with Crippen molar-refractivity contribution in [2.45, 2.75) is 19.4 Å². The predicted molar refractivity (Wildman–Crippen MR) is 122 cm³/mol. The Morgan fingerprint density at radius 1 is 1.29 bits per heavy atom. The lowest BCUT2D eigenvalue weighted by Crippen LogP contribution is -2.42. The topological polar surface area (TPSA) is 158 Å². The summed E-state index contributed by atoms with van der Waals surface area (Å²) in [6.07, 6.45) is 1.70. The third-order valence-corrected chi connectivity index (χ3v) is 6.01. The van der Waals surface area contributed by atoms with Gasteiger partial charge < -0.3 is 29.9 Å². The van der Waals surface area contributed by atoms with Gasteiger partial charge in [0.15, 0.2) is 11.5 Å². The van der Waals surface area contributed by atoms with Gasteiger partial charge in [-0.05, 0) is 17.7 Å². The summed E-state index contributed by atoms with van der Waals surface area (Å²) >= 11 is 0. The second-order valence-electron chi connectivity index (χ2n) is 8.50. The molecule has 35 heavy (non-hydrogen) atoms. The quantitative estimate of drug-likeness (QED) is 0.361. The molecule has 0 saturated carbocycles. The van der Waals surface area contributed by atoms with Gasteiger partial charge in [-0.2, -0.15) is 5.26 Å². The fourth-order valence-electron chi connectivity index (χ4n) is 4.03. The number of hydrogen-bond acceptors (Lipinski definition) is 8. The summed E-state index contributed by atoms with van der Waals surface area (Å²) in [5.74, 6) is -1.72. The van der Waals surface area contributed by atoms with Gasteiger partial charge in [0.05, 0.1) is 31.1 Å². The number of amides is 1. The van der Waals surface area contributed by atoms with Crippen molar-refractivity contribution in [2.24, 2.45) is 5.41 Å². The molecule has 4 N–H and O–H groups in total. The number of benzene rings is 1. The molecular weight excluding hydrogens is 459 g/mol. The molecule has 0 unspecified atom stereocenters. The molecule has 4 rings (SSSR count). The van der Waals surface area contributed by atoms with Crippen LogP contribution in [-0.4, -0.2) is 57.1 Å². The van der Waals surface area contributed by atoms with Crippen LogP contribution >= 0.6 is 0 Å². The molecule has 1 aromatic carbocycles. The number of nitrogens with zero attached hydrogens (tertiary/aromatic N) is 3. The molecule has 0 bridgehead atoms. The average molecular weight is 482 g/mol. The zero-order valence-electron chi connectivity index (χ0n) is 18.6. The molecule has 0 radical (unpaired) electrons. The Morgan fingerprint density at radius 3 is 2.66 bits per heavy atom. The van der Waals surface area contributed by atoms with Crippen LogP contribution in [-0.2, 0) is 13.0 Å². The minimum Gasteiger partial charge on any atom is -0.505 e. The molecule has 11 heteroatoms. The molecule has 2 aromatic heterocycles. The minimum atomic E-state index is -1.26. The van der Waals surface area contributed by atoms with Crippen LogP contribution in [0.5, 0.6) is 11.5 Å². The molecule has 1 aliphatic heterocycles. The highest BCUT2D eigenvalue weighted by molar-refractivity contribution is 6.02. The van der Waals surface area contributed by atoms with Crippen LogP contribution in [0.25, 0.3) is 11.0 Å². The molecule has 0 atom stereocenters. The maximum Gasteiger partial charge on any atom is 0.267 e. The Morgan fingerprint density at radius 2 is 2.00 bits per heavy atom. The van der Waals surface area contributed by atoms with Gasteiger partial charge in [0.25, 0.3) is 11.5 Å². The van der Waals surface area contributed by atoms with Crippen molar-refractivity contribution >= 4 is 16.9 Å². The van der Waals surface area contributed by atoms with Gasteiger partial charge in [-0.15, -0.1) is 0 Å². The van der Waals surface area contributed by atoms with Crippen molar-refractivity contribution in [1.29, 1.82) is 5.26 Å². The molecular formula is C24H23FN4O6. The van der Waals surface area contributed by atoms with Gasteiger partial charge in [0.2, 0.25) is 0 Å². The fourth-order valence-corrected chi connectivity index (χ4v) is 4.03. The smallest absolute Gasteiger partial charge is 0.267 e. The third-order valence-electron chi connectivity index (χ3n) is 6.01. The Bertz CT molecular complexity index is 1380. The van der Waals surface area contributed by atoms with Gasteiger partial charge in [-0.25, -0.2) is 4.39 Å². The second kappa shape index (κ2) is 9.69. The maximum absolute atomic E-state index is 13.5. The van der Waals surface area contributed by atoms with E-state index >= 15 is 0 Å². The van der Waals surface area contributed by atoms with Gasteiger partial charge >= 0.3 is 0 Å². The van der Waals surface area contributed by atoms with Crippen LogP contribution in [0.15, 0.2) is 35.3 Å². The number of halogens is 1. The van der Waals surface area contributed by atoms with Crippen molar-refractivity contribution in [3.8, 4) is 17.6 Å². The summed E-state index contributed by atoms with van der Waals surface area (Å²) in [4.78, 5) is 30.5. The van der Waals surface area contributed by atoms with Crippen molar-refractivity contribution in [3.63, 3.8) is 0 Å². The molecule has 10 nitrogen and oxygen atoms in total. The molecule has 1 amide bonds. The molecule has 0 aliphatic carbocycles. The molecule has 182 valence electrons. The lowest BCUT2D eigenvalue weighted by atomic mass is 9.91. The van der Waals surface area contributed by atoms with Crippen LogP contribution in [0.3, 0.4) is 0 Å². The monoisotopic (exact) mass is 482 g/mol. The van der Waals surface area contributed by atoms with E-state index in [0.717, 1.165) is 5.56 Å². The minimum absolute atomic E-state index is 0.00932. The Labute approximate surface area is 198 Å². The van der Waals surface area contributed by atoms with Crippen LogP contribution < -0.4 is 15.6 Å². The predicted octanol–water partition coefficient (Wildman–Crippen LogP) is 0.839. The van der Waals surface area contributed by atoms with Crippen LogP contribution in [0.2, 0.25) is 0 Å². The maximum atomic E-state index is 13.5. The highest BCUT2D eigenvalue weighted by Gasteiger charge is 2.37. The molecule has 3 heterocycles. The lowest BCUT2D eigenvalue weighted by Gasteiger charge is -2.27. The summed E-state index contributed by atoms with van der Waals surface area (Å²) in [5, 5.41) is 42.1. The highest BCUT2D eigenvalue weighted by atomic mass is 19.1. The van der Waals surface area contributed by atoms with E-state index in [2.05, 4.69) is 10.3 Å². The Hall–Kier alpha value is -4.01. The van der Waals surface area contributed by atoms with Crippen molar-refractivity contribution in [2.75, 3.05) is 26.4 Å². The van der Waals surface area contributed by atoms with E-state index in [1.807, 2.05) is 6.07 Å². The van der Waals surface area contributed by atoms with E-state index in [-0.39, 0.29) is 49.3 Å². The summed E-state index contributed by atoms with van der Waals surface area (Å²) in [7, 11) is 0. The fraction of sp³-hybridized carbons (Fsp3) is 0.333. The zero-order valence-corrected chi connectivity index (χ0v) is 18.6. The standard InChI is InChI=1S/C24H23FN4O6/c25-16-4-2-14(3-5-16)8-15-9-28-18-19-21(15)35-13-24(11-30,12-31)10-29(19)23(34)17(20(18)32)22(33)27-7-1-6-26/h2-5,9,30-32H,1,7-8,10-13H2,(H,27,33). The first-order valence-corrected chi connectivity index (χ1v) is 10.9. The number of ether oxygens (including phenoxy) is 1. The SMILES string of the molecule is N#CCCNC(=O)c1c(O)c2ncc(Cc3ccc(F)cc3)c3c2n(c1=O)CC(CO)(CO)CO3. The molecule has 0 fully saturated rings. The first-order valence-electron chi connectivity index (χ1n) is 10.9. The highest BCUT2D eigenvalue weighted by Crippen LogP contribution is 2.38. The lowest BCUT2D eigenvalue weighted by molar-refractivity contribution is 0.00584. The average Bonchev–Trinajstić information content (AvgIpc) is 3.04. The number of aromatic hydroxyl groups is 1.